The lowest BCUT2D eigenvalue weighted by atomic mass is 10.1. The van der Waals surface area contributed by atoms with Crippen molar-refractivity contribution >= 4 is 5.97 Å². The smallest absolute Gasteiger partial charge is 0.307 e. The van der Waals surface area contributed by atoms with E-state index in [0.717, 1.165) is 19.5 Å². The molecule has 1 unspecified atom stereocenters. The highest BCUT2D eigenvalue weighted by Crippen LogP contribution is 2.05. The van der Waals surface area contributed by atoms with Crippen LogP contribution in [0.4, 0.5) is 0 Å². The van der Waals surface area contributed by atoms with Gasteiger partial charge in [-0.1, -0.05) is 27.7 Å². The Morgan fingerprint density at radius 2 is 1.86 bits per heavy atom. The second-order valence-electron chi connectivity index (χ2n) is 4.39. The summed E-state index contributed by atoms with van der Waals surface area (Å²) in [4.78, 5) is 12.9. The zero-order valence-electron chi connectivity index (χ0n) is 9.79. The summed E-state index contributed by atoms with van der Waals surface area (Å²) < 4.78 is 0. The molecule has 1 atom stereocenters. The van der Waals surface area contributed by atoms with E-state index in [4.69, 9.17) is 5.11 Å². The molecule has 0 aromatic rings. The largest absolute Gasteiger partial charge is 0.481 e. The number of carboxylic acids is 1. The summed E-state index contributed by atoms with van der Waals surface area (Å²) >= 11 is 0. The maximum Gasteiger partial charge on any atom is 0.307 e. The number of hydrogen-bond donors (Lipinski definition) is 1. The highest BCUT2D eigenvalue weighted by atomic mass is 16.4. The van der Waals surface area contributed by atoms with Gasteiger partial charge in [0.25, 0.3) is 0 Å². The maximum absolute atomic E-state index is 10.7. The van der Waals surface area contributed by atoms with E-state index >= 15 is 0 Å². The van der Waals surface area contributed by atoms with Crippen LogP contribution in [0.1, 0.15) is 34.1 Å². The first-order chi connectivity index (χ1) is 6.47. The predicted molar refractivity (Wildman–Crippen MR) is 58.4 cm³/mol. The summed E-state index contributed by atoms with van der Waals surface area (Å²) in [6.07, 6.45) is 1.08. The minimum absolute atomic E-state index is 0.264. The summed E-state index contributed by atoms with van der Waals surface area (Å²) in [5.74, 6) is -0.363. The van der Waals surface area contributed by atoms with Crippen LogP contribution >= 0.6 is 0 Å². The van der Waals surface area contributed by atoms with Gasteiger partial charge in [-0.15, -0.1) is 0 Å². The molecular weight excluding hydrogens is 178 g/mol. The van der Waals surface area contributed by atoms with Gasteiger partial charge in [-0.3, -0.25) is 4.79 Å². The molecule has 0 spiro atoms. The van der Waals surface area contributed by atoms with Crippen molar-refractivity contribution < 1.29 is 9.90 Å². The summed E-state index contributed by atoms with van der Waals surface area (Å²) in [5, 5.41) is 8.81. The number of nitrogens with zero attached hydrogens (tertiary/aromatic N) is 1. The lowest BCUT2D eigenvalue weighted by molar-refractivity contribution is -0.141. The van der Waals surface area contributed by atoms with Gasteiger partial charge in [-0.2, -0.15) is 0 Å². The Morgan fingerprint density at radius 3 is 2.21 bits per heavy atom. The van der Waals surface area contributed by atoms with E-state index in [1.54, 1.807) is 6.92 Å². The predicted octanol–water partition coefficient (Wildman–Crippen LogP) is 2.08. The molecule has 0 aromatic carbocycles. The summed E-state index contributed by atoms with van der Waals surface area (Å²) in [7, 11) is 0. The van der Waals surface area contributed by atoms with Crippen LogP contribution < -0.4 is 0 Å². The molecule has 3 heteroatoms. The van der Waals surface area contributed by atoms with Crippen LogP contribution in [0, 0.1) is 11.8 Å². The van der Waals surface area contributed by atoms with Crippen LogP contribution in [-0.4, -0.2) is 35.6 Å². The van der Waals surface area contributed by atoms with Gasteiger partial charge in [-0.25, -0.2) is 0 Å². The van der Waals surface area contributed by atoms with Crippen molar-refractivity contribution in [1.29, 1.82) is 0 Å². The van der Waals surface area contributed by atoms with Crippen molar-refractivity contribution in [3.05, 3.63) is 0 Å². The Balaban J connectivity index is 4.01. The second kappa shape index (κ2) is 6.82. The minimum atomic E-state index is -0.699. The number of rotatable bonds is 7. The summed E-state index contributed by atoms with van der Waals surface area (Å²) in [5.41, 5.74) is 0. The average Bonchev–Trinajstić information content (AvgIpc) is 2.02. The van der Waals surface area contributed by atoms with Gasteiger partial charge in [0, 0.05) is 13.1 Å². The van der Waals surface area contributed by atoms with E-state index in [2.05, 4.69) is 25.7 Å². The van der Waals surface area contributed by atoms with Gasteiger partial charge in [0.15, 0.2) is 0 Å². The van der Waals surface area contributed by atoms with Crippen LogP contribution in [0.2, 0.25) is 0 Å². The third-order valence-electron chi connectivity index (χ3n) is 2.12. The maximum atomic E-state index is 10.7. The van der Waals surface area contributed by atoms with Crippen LogP contribution in [0.25, 0.3) is 0 Å². The molecule has 0 rings (SSSR count). The zero-order chi connectivity index (χ0) is 11.1. The molecule has 0 saturated heterocycles. The van der Waals surface area contributed by atoms with E-state index < -0.39 is 5.97 Å². The van der Waals surface area contributed by atoms with Crippen LogP contribution in [-0.2, 0) is 4.79 Å². The third-order valence-corrected chi connectivity index (χ3v) is 2.12. The number of carboxylic acid groups (broad SMARTS) is 1. The quantitative estimate of drug-likeness (QED) is 0.685. The fraction of sp³-hybridized carbons (Fsp3) is 0.909. The molecule has 14 heavy (non-hydrogen) atoms. The van der Waals surface area contributed by atoms with E-state index in [-0.39, 0.29) is 5.92 Å². The normalized spacial score (nSPS) is 13.6. The average molecular weight is 201 g/mol. The van der Waals surface area contributed by atoms with Crippen molar-refractivity contribution in [1.82, 2.24) is 4.90 Å². The highest BCUT2D eigenvalue weighted by Gasteiger charge is 2.15. The van der Waals surface area contributed by atoms with E-state index in [1.165, 1.54) is 0 Å². The minimum Gasteiger partial charge on any atom is -0.481 e. The molecular formula is C11H23NO2. The lowest BCUT2D eigenvalue weighted by Gasteiger charge is -2.25. The highest BCUT2D eigenvalue weighted by molar-refractivity contribution is 5.69. The Hall–Kier alpha value is -0.570. The van der Waals surface area contributed by atoms with Crippen molar-refractivity contribution in [3.8, 4) is 0 Å². The first-order valence-corrected chi connectivity index (χ1v) is 5.42. The summed E-state index contributed by atoms with van der Waals surface area (Å²) in [6, 6.07) is 0. The van der Waals surface area contributed by atoms with Gasteiger partial charge >= 0.3 is 5.97 Å². The molecule has 84 valence electrons. The Bertz CT molecular complexity index is 169. The van der Waals surface area contributed by atoms with Gasteiger partial charge in [-0.05, 0) is 18.9 Å². The SMILES string of the molecule is CCCN(CC(C)C)CC(C)C(=O)O. The molecule has 0 aliphatic heterocycles. The van der Waals surface area contributed by atoms with Crippen molar-refractivity contribution in [2.75, 3.05) is 19.6 Å². The van der Waals surface area contributed by atoms with Gasteiger partial charge in [0.1, 0.15) is 0 Å². The molecule has 3 nitrogen and oxygen atoms in total. The Labute approximate surface area is 87.1 Å². The number of aliphatic carboxylic acids is 1. The topological polar surface area (TPSA) is 40.5 Å². The molecule has 0 bridgehead atoms. The van der Waals surface area contributed by atoms with Gasteiger partial charge in [0.05, 0.1) is 5.92 Å². The van der Waals surface area contributed by atoms with Crippen LogP contribution in [0.15, 0.2) is 0 Å². The fourth-order valence-corrected chi connectivity index (χ4v) is 1.56. The zero-order valence-corrected chi connectivity index (χ0v) is 9.79. The lowest BCUT2D eigenvalue weighted by Crippen LogP contribution is -2.35. The molecule has 1 N–H and O–H groups in total. The van der Waals surface area contributed by atoms with E-state index in [9.17, 15) is 4.79 Å². The molecule has 0 saturated carbocycles. The van der Waals surface area contributed by atoms with E-state index in [0.29, 0.717) is 12.5 Å². The third kappa shape index (κ3) is 5.97. The fourth-order valence-electron chi connectivity index (χ4n) is 1.56. The molecule has 0 aromatic heterocycles. The summed E-state index contributed by atoms with van der Waals surface area (Å²) in [6.45, 7) is 10.9. The van der Waals surface area contributed by atoms with Crippen molar-refractivity contribution in [3.63, 3.8) is 0 Å². The number of carbonyl (C=O) groups is 1. The van der Waals surface area contributed by atoms with Gasteiger partial charge in [0.2, 0.25) is 0 Å². The second-order valence-corrected chi connectivity index (χ2v) is 4.39. The monoisotopic (exact) mass is 201 g/mol. The molecule has 0 fully saturated rings. The van der Waals surface area contributed by atoms with Gasteiger partial charge < -0.3 is 10.0 Å². The molecule has 0 aliphatic carbocycles. The standard InChI is InChI=1S/C11H23NO2/c1-5-6-12(7-9(2)3)8-10(4)11(13)14/h9-10H,5-8H2,1-4H3,(H,13,14). The number of hydrogen-bond acceptors (Lipinski definition) is 2. The molecule has 0 amide bonds. The molecule has 0 heterocycles. The Morgan fingerprint density at radius 1 is 1.29 bits per heavy atom. The first kappa shape index (κ1) is 13.4. The van der Waals surface area contributed by atoms with E-state index in [1.807, 2.05) is 0 Å². The van der Waals surface area contributed by atoms with Crippen molar-refractivity contribution in [2.24, 2.45) is 11.8 Å². The molecule has 0 radical (unpaired) electrons. The van der Waals surface area contributed by atoms with Crippen LogP contribution in [0.3, 0.4) is 0 Å². The Kier molecular flexibility index (Phi) is 6.54. The molecule has 0 aliphatic rings. The first-order valence-electron chi connectivity index (χ1n) is 5.42. The van der Waals surface area contributed by atoms with Crippen LogP contribution in [0.5, 0.6) is 0 Å². The van der Waals surface area contributed by atoms with Crippen molar-refractivity contribution in [2.45, 2.75) is 34.1 Å².